The number of carboxylic acids is 1. The molecule has 0 aliphatic carbocycles. The van der Waals surface area contributed by atoms with E-state index in [1.54, 1.807) is 6.92 Å². The monoisotopic (exact) mass is 397 g/mol. The van der Waals surface area contributed by atoms with Crippen LogP contribution in [0.1, 0.15) is 19.8 Å². The molecule has 2 aliphatic heterocycles. The van der Waals surface area contributed by atoms with Crippen LogP contribution in [0.15, 0.2) is 12.4 Å². The molecule has 4 N–H and O–H groups in total. The van der Waals surface area contributed by atoms with E-state index < -0.39 is 36.0 Å². The molecule has 28 heavy (non-hydrogen) atoms. The van der Waals surface area contributed by atoms with Gasteiger partial charge >= 0.3 is 18.1 Å². The number of aliphatic carboxylic acids is 1. The van der Waals surface area contributed by atoms with E-state index >= 15 is 0 Å². The fourth-order valence-electron chi connectivity index (χ4n) is 3.34. The Morgan fingerprint density at radius 2 is 1.86 bits per heavy atom. The van der Waals surface area contributed by atoms with E-state index in [-0.39, 0.29) is 32.8 Å². The molecule has 11 nitrogen and oxygen atoms in total. The van der Waals surface area contributed by atoms with Crippen LogP contribution in [0.25, 0.3) is 0 Å². The molecule has 0 aromatic carbocycles. The number of nitrogens with zero attached hydrogens (tertiary/aromatic N) is 3. The second kappa shape index (κ2) is 9.29. The van der Waals surface area contributed by atoms with E-state index in [1.807, 2.05) is 0 Å². The van der Waals surface area contributed by atoms with Crippen molar-refractivity contribution in [1.29, 1.82) is 0 Å². The summed E-state index contributed by atoms with van der Waals surface area (Å²) >= 11 is 0. The van der Waals surface area contributed by atoms with Crippen LogP contribution >= 0.6 is 0 Å². The fraction of sp³-hybridized carbons (Fsp3) is 0.647. The molecule has 2 aliphatic rings. The topological polar surface area (TPSA) is 146 Å². The molecule has 2 fully saturated rings. The Kier molecular flexibility index (Phi) is 7.07. The number of β-lactam (4-membered cyclic amide) rings is 1. The van der Waals surface area contributed by atoms with Crippen LogP contribution in [0.4, 0.5) is 9.59 Å². The number of hydrogen-bond acceptors (Lipinski definition) is 7. The summed E-state index contributed by atoms with van der Waals surface area (Å²) in [6.07, 6.45) is 0.402. The van der Waals surface area contributed by atoms with Crippen molar-refractivity contribution in [2.75, 3.05) is 39.3 Å². The average Bonchev–Trinajstić information content (AvgIpc) is 2.65. The SMILES string of the molecule is C=C(N)NCCCC1C(=O)N(C(=O)N2CCN(C(=O)OCC)CC2)C1C(=O)O. The van der Waals surface area contributed by atoms with Crippen molar-refractivity contribution in [3.63, 3.8) is 0 Å². The maximum atomic E-state index is 12.7. The molecule has 156 valence electrons. The fourth-order valence-corrected chi connectivity index (χ4v) is 3.34. The van der Waals surface area contributed by atoms with Crippen molar-refractivity contribution >= 4 is 24.0 Å². The van der Waals surface area contributed by atoms with E-state index in [1.165, 1.54) is 9.80 Å². The number of nitrogens with two attached hydrogens (primary N) is 1. The number of rotatable bonds is 7. The summed E-state index contributed by atoms with van der Waals surface area (Å²) in [6, 6.07) is -1.81. The summed E-state index contributed by atoms with van der Waals surface area (Å²) in [5, 5.41) is 12.3. The van der Waals surface area contributed by atoms with E-state index in [2.05, 4.69) is 11.9 Å². The predicted molar refractivity (Wildman–Crippen MR) is 97.9 cm³/mol. The van der Waals surface area contributed by atoms with Gasteiger partial charge in [-0.3, -0.25) is 4.79 Å². The number of nitrogens with one attached hydrogen (secondary N) is 1. The number of hydrogen-bond donors (Lipinski definition) is 3. The van der Waals surface area contributed by atoms with Crippen molar-refractivity contribution in [2.24, 2.45) is 11.7 Å². The Labute approximate surface area is 163 Å². The van der Waals surface area contributed by atoms with Crippen molar-refractivity contribution < 1.29 is 29.0 Å². The number of urea groups is 1. The molecule has 2 saturated heterocycles. The van der Waals surface area contributed by atoms with Gasteiger partial charge in [-0.05, 0) is 19.8 Å². The Hall–Kier alpha value is -2.98. The van der Waals surface area contributed by atoms with Crippen LogP contribution in [-0.4, -0.2) is 89.2 Å². The first kappa shape index (κ1) is 21.3. The number of ether oxygens (including phenoxy) is 1. The second-order valence-electron chi connectivity index (χ2n) is 6.65. The molecule has 0 radical (unpaired) electrons. The number of carboxylic acid groups (broad SMARTS) is 1. The zero-order valence-corrected chi connectivity index (χ0v) is 15.9. The number of carbonyl (C=O) groups excluding carboxylic acids is 3. The van der Waals surface area contributed by atoms with Gasteiger partial charge in [0, 0.05) is 32.7 Å². The molecule has 0 aromatic rings. The molecule has 2 rings (SSSR count). The lowest BCUT2D eigenvalue weighted by Crippen LogP contribution is -2.69. The lowest BCUT2D eigenvalue weighted by molar-refractivity contribution is -0.167. The van der Waals surface area contributed by atoms with Gasteiger partial charge in [-0.1, -0.05) is 6.58 Å². The molecular formula is C17H27N5O6. The van der Waals surface area contributed by atoms with E-state index in [9.17, 15) is 24.3 Å². The summed E-state index contributed by atoms with van der Waals surface area (Å²) in [5.74, 6) is -2.14. The van der Waals surface area contributed by atoms with E-state index in [0.29, 0.717) is 25.2 Å². The summed E-state index contributed by atoms with van der Waals surface area (Å²) in [6.45, 7) is 6.88. The van der Waals surface area contributed by atoms with Crippen LogP contribution < -0.4 is 11.1 Å². The zero-order valence-electron chi connectivity index (χ0n) is 15.9. The number of carbonyl (C=O) groups is 4. The molecule has 2 unspecified atom stereocenters. The van der Waals surface area contributed by atoms with Gasteiger partial charge < -0.3 is 30.7 Å². The van der Waals surface area contributed by atoms with Gasteiger partial charge in [0.1, 0.15) is 0 Å². The van der Waals surface area contributed by atoms with Crippen LogP contribution in [0.3, 0.4) is 0 Å². The third-order valence-corrected chi connectivity index (χ3v) is 4.79. The molecule has 4 amide bonds. The quantitative estimate of drug-likeness (QED) is 0.388. The van der Waals surface area contributed by atoms with Crippen molar-refractivity contribution in [2.45, 2.75) is 25.8 Å². The minimum Gasteiger partial charge on any atom is -0.480 e. The maximum Gasteiger partial charge on any atom is 0.409 e. The third-order valence-electron chi connectivity index (χ3n) is 4.79. The highest BCUT2D eigenvalue weighted by atomic mass is 16.6. The van der Waals surface area contributed by atoms with Crippen molar-refractivity contribution in [3.8, 4) is 0 Å². The van der Waals surface area contributed by atoms with Gasteiger partial charge in [0.15, 0.2) is 6.04 Å². The molecular weight excluding hydrogens is 370 g/mol. The van der Waals surface area contributed by atoms with Crippen LogP contribution in [0, 0.1) is 5.92 Å². The minimum atomic E-state index is -1.21. The van der Waals surface area contributed by atoms with Crippen LogP contribution in [0.2, 0.25) is 0 Å². The summed E-state index contributed by atoms with van der Waals surface area (Å²) in [7, 11) is 0. The highest BCUT2D eigenvalue weighted by molar-refractivity contribution is 6.07. The van der Waals surface area contributed by atoms with Gasteiger partial charge in [0.05, 0.1) is 18.3 Å². The zero-order chi connectivity index (χ0) is 20.8. The van der Waals surface area contributed by atoms with Crippen molar-refractivity contribution in [1.82, 2.24) is 20.0 Å². The molecule has 0 bridgehead atoms. The average molecular weight is 397 g/mol. The first-order valence-corrected chi connectivity index (χ1v) is 9.22. The van der Waals surface area contributed by atoms with E-state index in [4.69, 9.17) is 10.5 Å². The standard InChI is InChI=1S/C17H27N5O6/c1-3-28-17(27)21-9-7-20(8-10-21)16(26)22-13(15(24)25)12(14(22)23)5-4-6-19-11(2)18/h12-13,19H,2-10,18H2,1H3,(H,24,25). The number of imide groups is 1. The van der Waals surface area contributed by atoms with Gasteiger partial charge in [0.25, 0.3) is 0 Å². The second-order valence-corrected chi connectivity index (χ2v) is 6.65. The highest BCUT2D eigenvalue weighted by Gasteiger charge is 2.55. The number of piperazine rings is 1. The molecule has 0 spiro atoms. The summed E-state index contributed by atoms with van der Waals surface area (Å²) < 4.78 is 4.92. The lowest BCUT2D eigenvalue weighted by atomic mass is 9.83. The van der Waals surface area contributed by atoms with Gasteiger partial charge in [-0.15, -0.1) is 0 Å². The Bertz CT molecular complexity index is 646. The van der Waals surface area contributed by atoms with Gasteiger partial charge in [0.2, 0.25) is 5.91 Å². The highest BCUT2D eigenvalue weighted by Crippen LogP contribution is 2.32. The van der Waals surface area contributed by atoms with Crippen molar-refractivity contribution in [3.05, 3.63) is 12.4 Å². The third kappa shape index (κ3) is 4.65. The Morgan fingerprint density at radius 3 is 2.39 bits per heavy atom. The first-order chi connectivity index (χ1) is 13.3. The van der Waals surface area contributed by atoms with Crippen LogP contribution in [0.5, 0.6) is 0 Å². The molecule has 0 aromatic heterocycles. The van der Waals surface area contributed by atoms with Gasteiger partial charge in [-0.2, -0.15) is 0 Å². The molecule has 2 heterocycles. The summed E-state index contributed by atoms with van der Waals surface area (Å²) in [5.41, 5.74) is 5.39. The van der Waals surface area contributed by atoms with Gasteiger partial charge in [-0.25, -0.2) is 19.3 Å². The lowest BCUT2D eigenvalue weighted by Gasteiger charge is -2.46. The maximum absolute atomic E-state index is 12.7. The smallest absolute Gasteiger partial charge is 0.409 e. The number of amides is 4. The molecule has 2 atom stereocenters. The van der Waals surface area contributed by atoms with E-state index in [0.717, 1.165) is 4.90 Å². The molecule has 0 saturated carbocycles. The number of likely N-dealkylation sites (tertiary alicyclic amines) is 1. The largest absolute Gasteiger partial charge is 0.480 e. The first-order valence-electron chi connectivity index (χ1n) is 9.22. The van der Waals surface area contributed by atoms with Crippen LogP contribution in [-0.2, 0) is 14.3 Å². The predicted octanol–water partition coefficient (Wildman–Crippen LogP) is -0.408. The minimum absolute atomic E-state index is 0.209. The normalized spacial score (nSPS) is 21.8. The summed E-state index contributed by atoms with van der Waals surface area (Å²) in [4.78, 5) is 52.1. The molecule has 11 heteroatoms. The Balaban J connectivity index is 1.90. The Morgan fingerprint density at radius 1 is 1.25 bits per heavy atom.